The second kappa shape index (κ2) is 9.76. The van der Waals surface area contributed by atoms with Crippen molar-refractivity contribution in [3.8, 4) is 22.3 Å². The quantitative estimate of drug-likeness (QED) is 0.522. The summed E-state index contributed by atoms with van der Waals surface area (Å²) in [4.78, 5) is 22.1. The Kier molecular flexibility index (Phi) is 6.63. The van der Waals surface area contributed by atoms with Crippen molar-refractivity contribution in [2.45, 2.75) is 6.54 Å². The van der Waals surface area contributed by atoms with Gasteiger partial charge in [0.1, 0.15) is 11.5 Å². The fourth-order valence-corrected chi connectivity index (χ4v) is 4.01. The Labute approximate surface area is 184 Å². The van der Waals surface area contributed by atoms with Gasteiger partial charge in [0, 0.05) is 43.9 Å². The van der Waals surface area contributed by atoms with Gasteiger partial charge in [-0.3, -0.25) is 9.69 Å². The van der Waals surface area contributed by atoms with Crippen LogP contribution in [0.5, 0.6) is 11.5 Å². The van der Waals surface area contributed by atoms with Gasteiger partial charge >= 0.3 is 0 Å². The molecule has 1 aliphatic rings. The number of aromatic nitrogens is 2. The van der Waals surface area contributed by atoms with E-state index in [-0.39, 0.29) is 5.91 Å². The van der Waals surface area contributed by atoms with Crippen LogP contribution in [0.2, 0.25) is 0 Å². The molecule has 3 heterocycles. The molecule has 4 rings (SSSR count). The lowest BCUT2D eigenvalue weighted by atomic mass is 10.1. The monoisotopic (exact) mass is 440 g/mol. The van der Waals surface area contributed by atoms with Crippen LogP contribution in [0.3, 0.4) is 0 Å². The number of nitrogens with zero attached hydrogens (tertiary/aromatic N) is 4. The van der Waals surface area contributed by atoms with Gasteiger partial charge in [0.2, 0.25) is 5.91 Å². The van der Waals surface area contributed by atoms with Crippen LogP contribution in [0.1, 0.15) is 11.4 Å². The van der Waals surface area contributed by atoms with E-state index in [9.17, 15) is 4.79 Å². The highest BCUT2D eigenvalue weighted by atomic mass is 32.1. The third-order valence-corrected chi connectivity index (χ3v) is 5.95. The molecule has 0 unspecified atom stereocenters. The standard InChI is InChI=1S/C22H24N4O4S/c1-28-17-7-5-16(18(14-17)29-2)6-8-21(27)26-11-9-25(10-12-26)15-20-23-22(30-24-20)19-4-3-13-31-19/h3-8,13-14H,9-12,15H2,1-2H3/b8-6+. The number of thiophene rings is 1. The van der Waals surface area contributed by atoms with E-state index in [1.807, 2.05) is 34.5 Å². The van der Waals surface area contributed by atoms with Crippen molar-refractivity contribution in [2.24, 2.45) is 0 Å². The number of piperazine rings is 1. The number of carbonyl (C=O) groups is 1. The average molecular weight is 441 g/mol. The molecule has 9 heteroatoms. The zero-order valence-electron chi connectivity index (χ0n) is 17.5. The Morgan fingerprint density at radius 1 is 1.19 bits per heavy atom. The molecule has 0 radical (unpaired) electrons. The molecular formula is C22H24N4O4S. The van der Waals surface area contributed by atoms with Gasteiger partial charge in [-0.15, -0.1) is 11.3 Å². The molecule has 0 bridgehead atoms. The molecule has 0 saturated carbocycles. The van der Waals surface area contributed by atoms with Crippen molar-refractivity contribution in [2.75, 3.05) is 40.4 Å². The number of ether oxygens (including phenoxy) is 2. The van der Waals surface area contributed by atoms with Crippen LogP contribution in [0.25, 0.3) is 16.8 Å². The predicted molar refractivity (Wildman–Crippen MR) is 118 cm³/mol. The average Bonchev–Trinajstić information content (AvgIpc) is 3.50. The Morgan fingerprint density at radius 2 is 2.03 bits per heavy atom. The summed E-state index contributed by atoms with van der Waals surface area (Å²) in [6.07, 6.45) is 3.37. The first-order valence-electron chi connectivity index (χ1n) is 9.94. The van der Waals surface area contributed by atoms with Crippen molar-refractivity contribution >= 4 is 23.3 Å². The molecule has 3 aromatic rings. The zero-order chi connectivity index (χ0) is 21.6. The van der Waals surface area contributed by atoms with E-state index in [0.717, 1.165) is 23.5 Å². The van der Waals surface area contributed by atoms with Gasteiger partial charge < -0.3 is 18.9 Å². The minimum absolute atomic E-state index is 0.0166. The maximum atomic E-state index is 12.6. The summed E-state index contributed by atoms with van der Waals surface area (Å²) in [6.45, 7) is 3.43. The van der Waals surface area contributed by atoms with E-state index in [1.165, 1.54) is 0 Å². The second-order valence-electron chi connectivity index (χ2n) is 7.04. The van der Waals surface area contributed by atoms with E-state index in [1.54, 1.807) is 43.8 Å². The first kappa shape index (κ1) is 21.1. The summed E-state index contributed by atoms with van der Waals surface area (Å²) in [5, 5.41) is 6.06. The summed E-state index contributed by atoms with van der Waals surface area (Å²) in [5.74, 6) is 2.57. The molecular weight excluding hydrogens is 416 g/mol. The summed E-state index contributed by atoms with van der Waals surface area (Å²) in [7, 11) is 3.20. The highest BCUT2D eigenvalue weighted by Crippen LogP contribution is 2.26. The van der Waals surface area contributed by atoms with Crippen LogP contribution in [0, 0.1) is 0 Å². The van der Waals surface area contributed by atoms with Crippen molar-refractivity contribution in [3.05, 3.63) is 53.2 Å². The van der Waals surface area contributed by atoms with Crippen molar-refractivity contribution in [1.82, 2.24) is 19.9 Å². The molecule has 1 aromatic carbocycles. The van der Waals surface area contributed by atoms with Crippen LogP contribution in [-0.4, -0.2) is 66.2 Å². The summed E-state index contributed by atoms with van der Waals surface area (Å²) in [5.41, 5.74) is 0.828. The fourth-order valence-electron chi connectivity index (χ4n) is 3.37. The Bertz CT molecular complexity index is 1040. The maximum absolute atomic E-state index is 12.6. The Balaban J connectivity index is 1.29. The molecule has 0 aliphatic carbocycles. The minimum Gasteiger partial charge on any atom is -0.497 e. The molecule has 0 N–H and O–H groups in total. The lowest BCUT2D eigenvalue weighted by Crippen LogP contribution is -2.47. The van der Waals surface area contributed by atoms with Gasteiger partial charge in [-0.1, -0.05) is 11.2 Å². The number of methoxy groups -OCH3 is 2. The summed E-state index contributed by atoms with van der Waals surface area (Å²) in [6, 6.07) is 9.42. The summed E-state index contributed by atoms with van der Waals surface area (Å²) < 4.78 is 15.9. The largest absolute Gasteiger partial charge is 0.497 e. The van der Waals surface area contributed by atoms with E-state index in [4.69, 9.17) is 14.0 Å². The number of amides is 1. The third kappa shape index (κ3) is 5.12. The molecule has 1 amide bonds. The van der Waals surface area contributed by atoms with Crippen LogP contribution < -0.4 is 9.47 Å². The van der Waals surface area contributed by atoms with Crippen LogP contribution in [0.15, 0.2) is 46.3 Å². The number of rotatable bonds is 7. The van der Waals surface area contributed by atoms with Crippen molar-refractivity contribution in [3.63, 3.8) is 0 Å². The van der Waals surface area contributed by atoms with Gasteiger partial charge in [0.05, 0.1) is 25.6 Å². The van der Waals surface area contributed by atoms with Gasteiger partial charge in [-0.05, 0) is 29.7 Å². The highest BCUT2D eigenvalue weighted by Gasteiger charge is 2.21. The second-order valence-corrected chi connectivity index (χ2v) is 7.98. The first-order chi connectivity index (χ1) is 15.2. The predicted octanol–water partition coefficient (Wildman–Crippen LogP) is 3.17. The maximum Gasteiger partial charge on any atom is 0.268 e. The third-order valence-electron chi connectivity index (χ3n) is 5.10. The van der Waals surface area contributed by atoms with E-state index >= 15 is 0 Å². The molecule has 0 atom stereocenters. The first-order valence-corrected chi connectivity index (χ1v) is 10.8. The molecule has 1 fully saturated rings. The highest BCUT2D eigenvalue weighted by molar-refractivity contribution is 7.13. The molecule has 8 nitrogen and oxygen atoms in total. The number of hydrogen-bond donors (Lipinski definition) is 0. The van der Waals surface area contributed by atoms with Gasteiger partial charge in [-0.25, -0.2) is 0 Å². The molecule has 1 saturated heterocycles. The molecule has 31 heavy (non-hydrogen) atoms. The number of hydrogen-bond acceptors (Lipinski definition) is 8. The fraction of sp³-hybridized carbons (Fsp3) is 0.318. The zero-order valence-corrected chi connectivity index (χ0v) is 18.3. The van der Waals surface area contributed by atoms with Crippen molar-refractivity contribution < 1.29 is 18.8 Å². The van der Waals surface area contributed by atoms with E-state index < -0.39 is 0 Å². The Morgan fingerprint density at radius 3 is 2.74 bits per heavy atom. The van der Waals surface area contributed by atoms with Crippen LogP contribution >= 0.6 is 11.3 Å². The van der Waals surface area contributed by atoms with E-state index in [2.05, 4.69) is 15.0 Å². The minimum atomic E-state index is -0.0166. The lowest BCUT2D eigenvalue weighted by molar-refractivity contribution is -0.127. The van der Waals surface area contributed by atoms with Crippen LogP contribution in [-0.2, 0) is 11.3 Å². The topological polar surface area (TPSA) is 80.9 Å². The van der Waals surface area contributed by atoms with Gasteiger partial charge in [0.15, 0.2) is 5.82 Å². The molecule has 1 aliphatic heterocycles. The number of benzene rings is 1. The van der Waals surface area contributed by atoms with Gasteiger partial charge in [-0.2, -0.15) is 4.98 Å². The Hall–Kier alpha value is -3.17. The number of carbonyl (C=O) groups excluding carboxylic acids is 1. The molecule has 2 aromatic heterocycles. The van der Waals surface area contributed by atoms with Gasteiger partial charge in [0.25, 0.3) is 5.89 Å². The lowest BCUT2D eigenvalue weighted by Gasteiger charge is -2.33. The van der Waals surface area contributed by atoms with Crippen LogP contribution in [0.4, 0.5) is 0 Å². The SMILES string of the molecule is COc1ccc(/C=C/C(=O)N2CCN(Cc3noc(-c4cccs4)n3)CC2)c(OC)c1. The smallest absolute Gasteiger partial charge is 0.268 e. The van der Waals surface area contributed by atoms with E-state index in [0.29, 0.717) is 42.8 Å². The van der Waals surface area contributed by atoms with Crippen molar-refractivity contribution in [1.29, 1.82) is 0 Å². The normalized spacial score (nSPS) is 14.8. The molecule has 162 valence electrons. The summed E-state index contributed by atoms with van der Waals surface area (Å²) >= 11 is 1.57. The molecule has 0 spiro atoms.